The summed E-state index contributed by atoms with van der Waals surface area (Å²) in [5.74, 6) is 1.61. The van der Waals surface area contributed by atoms with Crippen LogP contribution in [0.25, 0.3) is 0 Å². The number of rotatable bonds is 9. The van der Waals surface area contributed by atoms with E-state index in [1.165, 1.54) is 45.4 Å². The first-order chi connectivity index (χ1) is 8.72. The van der Waals surface area contributed by atoms with E-state index < -0.39 is 0 Å². The van der Waals surface area contributed by atoms with E-state index in [2.05, 4.69) is 31.0 Å². The molecule has 1 fully saturated rings. The SMILES string of the molecule is CCOCCCN1CCCC(CNCC(C)C)C1. The molecule has 1 unspecified atom stereocenters. The molecule has 0 aromatic carbocycles. The van der Waals surface area contributed by atoms with E-state index in [-0.39, 0.29) is 0 Å². The van der Waals surface area contributed by atoms with E-state index in [1.807, 2.05) is 0 Å². The van der Waals surface area contributed by atoms with E-state index in [9.17, 15) is 0 Å². The predicted octanol–water partition coefficient (Wildman–Crippen LogP) is 2.37. The second-order valence-corrected chi connectivity index (χ2v) is 5.91. The van der Waals surface area contributed by atoms with Crippen LogP contribution in [0.5, 0.6) is 0 Å². The van der Waals surface area contributed by atoms with Gasteiger partial charge in [-0.15, -0.1) is 0 Å². The highest BCUT2D eigenvalue weighted by Crippen LogP contribution is 2.15. The third-order valence-electron chi connectivity index (χ3n) is 3.56. The van der Waals surface area contributed by atoms with Crippen molar-refractivity contribution in [2.75, 3.05) is 45.9 Å². The van der Waals surface area contributed by atoms with Crippen molar-refractivity contribution in [2.45, 2.75) is 40.0 Å². The van der Waals surface area contributed by atoms with Crippen molar-refractivity contribution < 1.29 is 4.74 Å². The molecule has 0 aromatic rings. The maximum absolute atomic E-state index is 5.40. The first kappa shape index (κ1) is 15.9. The minimum Gasteiger partial charge on any atom is -0.382 e. The van der Waals surface area contributed by atoms with E-state index in [4.69, 9.17) is 4.74 Å². The maximum Gasteiger partial charge on any atom is 0.0478 e. The zero-order valence-electron chi connectivity index (χ0n) is 12.6. The molecular formula is C15H32N2O. The second kappa shape index (κ2) is 9.76. The number of likely N-dealkylation sites (tertiary alicyclic amines) is 1. The van der Waals surface area contributed by atoms with Gasteiger partial charge in [0.05, 0.1) is 0 Å². The average Bonchev–Trinajstić information content (AvgIpc) is 2.35. The summed E-state index contributed by atoms with van der Waals surface area (Å²) in [6.07, 6.45) is 3.94. The van der Waals surface area contributed by atoms with Crippen LogP contribution in [0, 0.1) is 11.8 Å². The molecule has 0 radical (unpaired) electrons. The Bertz CT molecular complexity index is 197. The van der Waals surface area contributed by atoms with E-state index in [0.717, 1.165) is 31.6 Å². The van der Waals surface area contributed by atoms with Crippen LogP contribution in [0.2, 0.25) is 0 Å². The Balaban J connectivity index is 2.08. The van der Waals surface area contributed by atoms with Gasteiger partial charge in [0.15, 0.2) is 0 Å². The van der Waals surface area contributed by atoms with Gasteiger partial charge in [-0.2, -0.15) is 0 Å². The molecule has 0 bridgehead atoms. The van der Waals surface area contributed by atoms with Crippen LogP contribution in [-0.4, -0.2) is 50.8 Å². The van der Waals surface area contributed by atoms with Crippen molar-refractivity contribution in [1.29, 1.82) is 0 Å². The smallest absolute Gasteiger partial charge is 0.0478 e. The number of nitrogens with zero attached hydrogens (tertiary/aromatic N) is 1. The molecule has 0 aliphatic carbocycles. The Morgan fingerprint density at radius 2 is 2.22 bits per heavy atom. The molecule has 108 valence electrons. The summed E-state index contributed by atoms with van der Waals surface area (Å²) >= 11 is 0. The monoisotopic (exact) mass is 256 g/mol. The lowest BCUT2D eigenvalue weighted by Gasteiger charge is -2.33. The number of hydrogen-bond donors (Lipinski definition) is 1. The van der Waals surface area contributed by atoms with Crippen LogP contribution in [0.1, 0.15) is 40.0 Å². The van der Waals surface area contributed by atoms with Crippen LogP contribution in [-0.2, 0) is 4.74 Å². The fraction of sp³-hybridized carbons (Fsp3) is 1.00. The third kappa shape index (κ3) is 7.34. The predicted molar refractivity (Wildman–Crippen MR) is 78.0 cm³/mol. The van der Waals surface area contributed by atoms with Gasteiger partial charge < -0.3 is 15.0 Å². The molecule has 1 aliphatic heterocycles. The molecule has 3 nitrogen and oxygen atoms in total. The van der Waals surface area contributed by atoms with Gasteiger partial charge in [0.25, 0.3) is 0 Å². The van der Waals surface area contributed by atoms with Crippen molar-refractivity contribution in [1.82, 2.24) is 10.2 Å². The Hall–Kier alpha value is -0.120. The molecule has 0 saturated carbocycles. The van der Waals surface area contributed by atoms with E-state index >= 15 is 0 Å². The Labute approximate surface area is 113 Å². The molecule has 1 rings (SSSR count). The van der Waals surface area contributed by atoms with Crippen LogP contribution in [0.4, 0.5) is 0 Å². The van der Waals surface area contributed by atoms with Gasteiger partial charge in [-0.25, -0.2) is 0 Å². The van der Waals surface area contributed by atoms with Crippen LogP contribution in [0.15, 0.2) is 0 Å². The van der Waals surface area contributed by atoms with E-state index in [1.54, 1.807) is 0 Å². The van der Waals surface area contributed by atoms with Gasteiger partial charge in [0.2, 0.25) is 0 Å². The standard InChI is InChI=1S/C15H32N2O/c1-4-18-10-6-9-17-8-5-7-15(13-17)12-16-11-14(2)3/h14-16H,4-13H2,1-3H3. The zero-order chi connectivity index (χ0) is 13.2. The summed E-state index contributed by atoms with van der Waals surface area (Å²) in [7, 11) is 0. The molecule has 18 heavy (non-hydrogen) atoms. The quantitative estimate of drug-likeness (QED) is 0.641. The molecule has 1 heterocycles. The molecular weight excluding hydrogens is 224 g/mol. The average molecular weight is 256 g/mol. The summed E-state index contributed by atoms with van der Waals surface area (Å²) in [5.41, 5.74) is 0. The Morgan fingerprint density at radius 3 is 2.94 bits per heavy atom. The molecule has 0 amide bonds. The lowest BCUT2D eigenvalue weighted by atomic mass is 9.97. The molecule has 0 spiro atoms. The first-order valence-corrected chi connectivity index (χ1v) is 7.73. The second-order valence-electron chi connectivity index (χ2n) is 5.91. The third-order valence-corrected chi connectivity index (χ3v) is 3.56. The van der Waals surface area contributed by atoms with Gasteiger partial charge in [-0.05, 0) is 57.7 Å². The van der Waals surface area contributed by atoms with Crippen molar-refractivity contribution in [3.8, 4) is 0 Å². The van der Waals surface area contributed by atoms with Gasteiger partial charge in [-0.1, -0.05) is 13.8 Å². The normalized spacial score (nSPS) is 21.7. The van der Waals surface area contributed by atoms with Gasteiger partial charge in [0, 0.05) is 26.3 Å². The Morgan fingerprint density at radius 1 is 1.39 bits per heavy atom. The van der Waals surface area contributed by atoms with Crippen LogP contribution < -0.4 is 5.32 Å². The van der Waals surface area contributed by atoms with Gasteiger partial charge in [-0.3, -0.25) is 0 Å². The number of hydrogen-bond acceptors (Lipinski definition) is 3. The van der Waals surface area contributed by atoms with Crippen molar-refractivity contribution >= 4 is 0 Å². The summed E-state index contributed by atoms with van der Waals surface area (Å²) in [6, 6.07) is 0. The summed E-state index contributed by atoms with van der Waals surface area (Å²) in [5, 5.41) is 3.60. The lowest BCUT2D eigenvalue weighted by molar-refractivity contribution is 0.117. The number of ether oxygens (including phenoxy) is 1. The number of piperidine rings is 1. The van der Waals surface area contributed by atoms with Gasteiger partial charge in [0.1, 0.15) is 0 Å². The van der Waals surface area contributed by atoms with Crippen molar-refractivity contribution in [2.24, 2.45) is 11.8 Å². The summed E-state index contributed by atoms with van der Waals surface area (Å²) < 4.78 is 5.40. The fourth-order valence-corrected chi connectivity index (χ4v) is 2.63. The summed E-state index contributed by atoms with van der Waals surface area (Å²) in [6.45, 7) is 14.5. The molecule has 1 N–H and O–H groups in total. The van der Waals surface area contributed by atoms with Gasteiger partial charge >= 0.3 is 0 Å². The van der Waals surface area contributed by atoms with Crippen molar-refractivity contribution in [3.05, 3.63) is 0 Å². The highest BCUT2D eigenvalue weighted by molar-refractivity contribution is 4.74. The fourth-order valence-electron chi connectivity index (χ4n) is 2.63. The molecule has 1 saturated heterocycles. The molecule has 3 heteroatoms. The minimum atomic E-state index is 0.760. The number of nitrogens with one attached hydrogen (secondary N) is 1. The highest BCUT2D eigenvalue weighted by Gasteiger charge is 2.18. The Kier molecular flexibility index (Phi) is 8.64. The van der Waals surface area contributed by atoms with Crippen LogP contribution >= 0.6 is 0 Å². The molecule has 1 atom stereocenters. The first-order valence-electron chi connectivity index (χ1n) is 7.73. The molecule has 0 aromatic heterocycles. The topological polar surface area (TPSA) is 24.5 Å². The molecule has 1 aliphatic rings. The zero-order valence-corrected chi connectivity index (χ0v) is 12.6. The maximum atomic E-state index is 5.40. The lowest BCUT2D eigenvalue weighted by Crippen LogP contribution is -2.40. The van der Waals surface area contributed by atoms with Crippen molar-refractivity contribution in [3.63, 3.8) is 0 Å². The summed E-state index contributed by atoms with van der Waals surface area (Å²) in [4.78, 5) is 2.62. The highest BCUT2D eigenvalue weighted by atomic mass is 16.5. The van der Waals surface area contributed by atoms with Crippen LogP contribution in [0.3, 0.4) is 0 Å². The van der Waals surface area contributed by atoms with E-state index in [0.29, 0.717) is 0 Å². The largest absolute Gasteiger partial charge is 0.382 e. The minimum absolute atomic E-state index is 0.760.